The first-order chi connectivity index (χ1) is 8.13. The normalized spacial score (nSPS) is 13.5. The maximum atomic E-state index is 5.96. The van der Waals surface area contributed by atoms with Crippen LogP contribution in [-0.4, -0.2) is 19.1 Å². The lowest BCUT2D eigenvalue weighted by molar-refractivity contribution is 0.235. The van der Waals surface area contributed by atoms with Gasteiger partial charge in [-0.3, -0.25) is 0 Å². The molecular formula is C14H20N2O. The Morgan fingerprint density at radius 1 is 1.29 bits per heavy atom. The molecule has 2 rings (SSSR count). The van der Waals surface area contributed by atoms with Crippen molar-refractivity contribution in [2.75, 3.05) is 14.1 Å². The molecule has 0 saturated heterocycles. The molecule has 0 spiro atoms. The highest BCUT2D eigenvalue weighted by Gasteiger charge is 2.17. The van der Waals surface area contributed by atoms with Crippen molar-refractivity contribution in [3.63, 3.8) is 0 Å². The summed E-state index contributed by atoms with van der Waals surface area (Å²) >= 11 is 0. The van der Waals surface area contributed by atoms with Gasteiger partial charge in [-0.25, -0.2) is 10.4 Å². The Bertz CT molecular complexity index is 502. The molecule has 1 unspecified atom stereocenters. The molecule has 0 aliphatic carbocycles. The summed E-state index contributed by atoms with van der Waals surface area (Å²) in [5.41, 5.74) is 5.62. The number of hydrazine groups is 1. The fourth-order valence-corrected chi connectivity index (χ4v) is 2.28. The number of nitrogens with one attached hydrogen (secondary N) is 1. The van der Waals surface area contributed by atoms with Gasteiger partial charge in [0.2, 0.25) is 0 Å². The number of hydrogen-bond acceptors (Lipinski definition) is 3. The molecule has 1 N–H and O–H groups in total. The highest BCUT2D eigenvalue weighted by molar-refractivity contribution is 5.82. The van der Waals surface area contributed by atoms with Crippen LogP contribution in [-0.2, 0) is 6.42 Å². The second-order valence-electron chi connectivity index (χ2n) is 4.54. The van der Waals surface area contributed by atoms with E-state index in [1.165, 1.54) is 10.9 Å². The molecule has 1 heterocycles. The molecule has 3 nitrogen and oxygen atoms in total. The lowest BCUT2D eigenvalue weighted by atomic mass is 10.1. The molecule has 17 heavy (non-hydrogen) atoms. The van der Waals surface area contributed by atoms with Crippen molar-refractivity contribution in [2.45, 2.75) is 26.3 Å². The first-order valence-electron chi connectivity index (χ1n) is 6.07. The van der Waals surface area contributed by atoms with E-state index in [9.17, 15) is 0 Å². The van der Waals surface area contributed by atoms with Crippen molar-refractivity contribution in [1.82, 2.24) is 10.4 Å². The third-order valence-electron chi connectivity index (χ3n) is 2.93. The van der Waals surface area contributed by atoms with Gasteiger partial charge in [-0.2, -0.15) is 0 Å². The molecule has 1 aromatic heterocycles. The molecule has 0 radical (unpaired) electrons. The van der Waals surface area contributed by atoms with E-state index >= 15 is 0 Å². The highest BCUT2D eigenvalue weighted by atomic mass is 16.3. The predicted molar refractivity (Wildman–Crippen MR) is 70.8 cm³/mol. The average molecular weight is 232 g/mol. The lowest BCUT2D eigenvalue weighted by Gasteiger charge is -2.18. The first-order valence-corrected chi connectivity index (χ1v) is 6.07. The van der Waals surface area contributed by atoms with E-state index in [0.717, 1.165) is 17.8 Å². The van der Waals surface area contributed by atoms with Gasteiger partial charge in [-0.1, -0.05) is 25.1 Å². The zero-order valence-electron chi connectivity index (χ0n) is 10.9. The number of nitrogens with zero attached hydrogens (tertiary/aromatic N) is 1. The second kappa shape index (κ2) is 4.90. The SMILES string of the molecule is CCc1c(C(C)NN(C)C)oc2ccccc12. The van der Waals surface area contributed by atoms with Gasteiger partial charge in [0.25, 0.3) is 0 Å². The summed E-state index contributed by atoms with van der Waals surface area (Å²) in [4.78, 5) is 0. The summed E-state index contributed by atoms with van der Waals surface area (Å²) in [7, 11) is 3.98. The van der Waals surface area contributed by atoms with Crippen molar-refractivity contribution >= 4 is 11.0 Å². The van der Waals surface area contributed by atoms with Gasteiger partial charge in [0, 0.05) is 25.0 Å². The molecule has 3 heteroatoms. The molecule has 2 aromatic rings. The molecule has 0 aliphatic heterocycles. The van der Waals surface area contributed by atoms with Gasteiger partial charge in [0.1, 0.15) is 11.3 Å². The van der Waals surface area contributed by atoms with Crippen LogP contribution in [0.5, 0.6) is 0 Å². The number of para-hydroxylation sites is 1. The quantitative estimate of drug-likeness (QED) is 0.821. The summed E-state index contributed by atoms with van der Waals surface area (Å²) in [5.74, 6) is 1.04. The van der Waals surface area contributed by atoms with E-state index < -0.39 is 0 Å². The molecule has 0 saturated carbocycles. The van der Waals surface area contributed by atoms with Gasteiger partial charge in [0.05, 0.1) is 6.04 Å². The number of fused-ring (bicyclic) bond motifs is 1. The monoisotopic (exact) mass is 232 g/mol. The Balaban J connectivity index is 2.45. The maximum Gasteiger partial charge on any atom is 0.134 e. The Morgan fingerprint density at radius 2 is 2.00 bits per heavy atom. The minimum Gasteiger partial charge on any atom is -0.459 e. The molecule has 0 bridgehead atoms. The predicted octanol–water partition coefficient (Wildman–Crippen LogP) is 3.12. The van der Waals surface area contributed by atoms with Crippen molar-refractivity contribution in [2.24, 2.45) is 0 Å². The topological polar surface area (TPSA) is 28.4 Å². The first kappa shape index (κ1) is 12.1. The zero-order chi connectivity index (χ0) is 12.4. The number of aryl methyl sites for hydroxylation is 1. The number of benzene rings is 1. The van der Waals surface area contributed by atoms with Crippen molar-refractivity contribution in [1.29, 1.82) is 0 Å². The molecule has 0 amide bonds. The fourth-order valence-electron chi connectivity index (χ4n) is 2.28. The standard InChI is InChI=1S/C14H20N2O/c1-5-11-12-8-6-7-9-13(12)17-14(11)10(2)15-16(3)4/h6-10,15H,5H2,1-4H3. The van der Waals surface area contributed by atoms with Crippen LogP contribution in [0.25, 0.3) is 11.0 Å². The largest absolute Gasteiger partial charge is 0.459 e. The summed E-state index contributed by atoms with van der Waals surface area (Å²) in [5, 5.41) is 3.19. The lowest BCUT2D eigenvalue weighted by Crippen LogP contribution is -2.32. The summed E-state index contributed by atoms with van der Waals surface area (Å²) in [6, 6.07) is 8.42. The molecule has 1 aromatic carbocycles. The average Bonchev–Trinajstić information content (AvgIpc) is 2.66. The smallest absolute Gasteiger partial charge is 0.134 e. The highest BCUT2D eigenvalue weighted by Crippen LogP contribution is 2.30. The fraction of sp³-hybridized carbons (Fsp3) is 0.429. The Labute approximate surface area is 102 Å². The van der Waals surface area contributed by atoms with Crippen molar-refractivity contribution in [3.8, 4) is 0 Å². The van der Waals surface area contributed by atoms with Crippen LogP contribution in [0.4, 0.5) is 0 Å². The maximum absolute atomic E-state index is 5.96. The van der Waals surface area contributed by atoms with Crippen LogP contribution in [0.3, 0.4) is 0 Å². The van der Waals surface area contributed by atoms with Gasteiger partial charge < -0.3 is 4.42 Å². The van der Waals surface area contributed by atoms with Gasteiger partial charge in [-0.15, -0.1) is 0 Å². The molecule has 1 atom stereocenters. The number of hydrogen-bond donors (Lipinski definition) is 1. The summed E-state index contributed by atoms with van der Waals surface area (Å²) in [6.45, 7) is 4.29. The van der Waals surface area contributed by atoms with E-state index in [4.69, 9.17) is 4.42 Å². The van der Waals surface area contributed by atoms with Gasteiger partial charge >= 0.3 is 0 Å². The molecule has 92 valence electrons. The minimum absolute atomic E-state index is 0.187. The van der Waals surface area contributed by atoms with E-state index in [1.54, 1.807) is 0 Å². The van der Waals surface area contributed by atoms with E-state index in [0.29, 0.717) is 0 Å². The van der Waals surface area contributed by atoms with Crippen LogP contribution in [0.2, 0.25) is 0 Å². The van der Waals surface area contributed by atoms with Crippen molar-refractivity contribution in [3.05, 3.63) is 35.6 Å². The van der Waals surface area contributed by atoms with Gasteiger partial charge in [0.15, 0.2) is 0 Å². The molecule has 0 fully saturated rings. The van der Waals surface area contributed by atoms with Crippen LogP contribution < -0.4 is 5.43 Å². The van der Waals surface area contributed by atoms with Crippen molar-refractivity contribution < 1.29 is 4.42 Å². The number of rotatable bonds is 4. The third kappa shape index (κ3) is 2.35. The Hall–Kier alpha value is -1.32. The van der Waals surface area contributed by atoms with E-state index in [-0.39, 0.29) is 6.04 Å². The minimum atomic E-state index is 0.187. The Morgan fingerprint density at radius 3 is 2.65 bits per heavy atom. The third-order valence-corrected chi connectivity index (χ3v) is 2.93. The Kier molecular flexibility index (Phi) is 3.50. The summed E-state index contributed by atoms with van der Waals surface area (Å²) in [6.07, 6.45) is 0.992. The molecule has 0 aliphatic rings. The van der Waals surface area contributed by atoms with Crippen LogP contribution in [0, 0.1) is 0 Å². The zero-order valence-corrected chi connectivity index (χ0v) is 10.9. The second-order valence-corrected chi connectivity index (χ2v) is 4.54. The van der Waals surface area contributed by atoms with E-state index in [1.807, 2.05) is 31.2 Å². The number of furan rings is 1. The summed E-state index contributed by atoms with van der Waals surface area (Å²) < 4.78 is 5.96. The van der Waals surface area contributed by atoms with Crippen LogP contribution >= 0.6 is 0 Å². The van der Waals surface area contributed by atoms with E-state index in [2.05, 4.69) is 31.4 Å². The van der Waals surface area contributed by atoms with Crippen LogP contribution in [0.15, 0.2) is 28.7 Å². The van der Waals surface area contributed by atoms with Crippen LogP contribution in [0.1, 0.15) is 31.2 Å². The van der Waals surface area contributed by atoms with Gasteiger partial charge in [-0.05, 0) is 19.4 Å². The molecular weight excluding hydrogens is 212 g/mol.